The molecule has 0 saturated carbocycles. The van der Waals surface area contributed by atoms with Gasteiger partial charge in [0.15, 0.2) is 10.8 Å². The number of esters is 1. The van der Waals surface area contributed by atoms with Crippen LogP contribution in [0.4, 0.5) is 5.13 Å². The summed E-state index contributed by atoms with van der Waals surface area (Å²) in [6.07, 6.45) is 4.37. The molecule has 0 fully saturated rings. The number of carbonyl (C=O) groups is 1. The molecule has 0 aliphatic carbocycles. The molecule has 0 bridgehead atoms. The molecule has 0 unspecified atom stereocenters. The Kier molecular flexibility index (Phi) is 4.45. The molecular formula is C11H15N5O2S. The van der Waals surface area contributed by atoms with E-state index >= 15 is 0 Å². The van der Waals surface area contributed by atoms with Gasteiger partial charge < -0.3 is 10.1 Å². The summed E-state index contributed by atoms with van der Waals surface area (Å²) in [7, 11) is 1.35. The molecule has 0 atom stereocenters. The lowest BCUT2D eigenvalue weighted by atomic mass is 10.4. The Labute approximate surface area is 114 Å². The summed E-state index contributed by atoms with van der Waals surface area (Å²) >= 11 is 1.45. The lowest BCUT2D eigenvalue weighted by molar-refractivity contribution is 0.0594. The third-order valence-corrected chi connectivity index (χ3v) is 3.42. The maximum absolute atomic E-state index is 11.4. The van der Waals surface area contributed by atoms with E-state index in [-0.39, 0.29) is 0 Å². The van der Waals surface area contributed by atoms with E-state index in [1.165, 1.54) is 18.4 Å². The van der Waals surface area contributed by atoms with Crippen LogP contribution in [0.2, 0.25) is 0 Å². The monoisotopic (exact) mass is 281 g/mol. The Bertz CT molecular complexity index is 537. The number of hydrogen-bond acceptors (Lipinski definition) is 7. The lowest BCUT2D eigenvalue weighted by Crippen LogP contribution is -2.08. The van der Waals surface area contributed by atoms with Gasteiger partial charge in [-0.05, 0) is 13.3 Å². The van der Waals surface area contributed by atoms with Gasteiger partial charge in [0.25, 0.3) is 0 Å². The zero-order chi connectivity index (χ0) is 13.7. The molecule has 0 radical (unpaired) electrons. The molecule has 0 aromatic carbocycles. The second-order valence-electron chi connectivity index (χ2n) is 3.86. The number of aromatic nitrogens is 4. The first-order chi connectivity index (χ1) is 9.20. The highest BCUT2D eigenvalue weighted by Crippen LogP contribution is 2.22. The van der Waals surface area contributed by atoms with Gasteiger partial charge in [0.05, 0.1) is 13.3 Å². The van der Waals surface area contributed by atoms with Crippen molar-refractivity contribution in [3.8, 4) is 0 Å². The Balaban J connectivity index is 1.81. The first-order valence-electron chi connectivity index (χ1n) is 5.84. The molecule has 0 aliphatic rings. The zero-order valence-electron chi connectivity index (χ0n) is 10.8. The highest BCUT2D eigenvalue weighted by atomic mass is 32.1. The highest BCUT2D eigenvalue weighted by molar-refractivity contribution is 7.15. The summed E-state index contributed by atoms with van der Waals surface area (Å²) in [5, 5.41) is 11.5. The van der Waals surface area contributed by atoms with Gasteiger partial charge in [0.2, 0.25) is 0 Å². The number of thiazole rings is 1. The molecule has 2 heterocycles. The number of hydrogen-bond donors (Lipinski definition) is 1. The van der Waals surface area contributed by atoms with Gasteiger partial charge in [0.1, 0.15) is 0 Å². The molecule has 0 amide bonds. The second-order valence-corrected chi connectivity index (χ2v) is 5.07. The van der Waals surface area contributed by atoms with Crippen molar-refractivity contribution in [2.24, 2.45) is 0 Å². The molecule has 102 valence electrons. The fourth-order valence-electron chi connectivity index (χ4n) is 1.55. The SMILES string of the molecule is COC(=O)c1nc(NCCCn2ccnn2)sc1C. The Morgan fingerprint density at radius 1 is 1.58 bits per heavy atom. The van der Waals surface area contributed by atoms with E-state index in [9.17, 15) is 4.79 Å². The number of rotatable bonds is 6. The zero-order valence-corrected chi connectivity index (χ0v) is 11.6. The van der Waals surface area contributed by atoms with Gasteiger partial charge in [-0.25, -0.2) is 9.78 Å². The van der Waals surface area contributed by atoms with Gasteiger partial charge >= 0.3 is 5.97 Å². The topological polar surface area (TPSA) is 81.9 Å². The summed E-state index contributed by atoms with van der Waals surface area (Å²) in [4.78, 5) is 16.5. The minimum atomic E-state index is -0.399. The normalized spacial score (nSPS) is 10.4. The van der Waals surface area contributed by atoms with Gasteiger partial charge in [-0.3, -0.25) is 4.68 Å². The average Bonchev–Trinajstić information content (AvgIpc) is 3.03. The van der Waals surface area contributed by atoms with Crippen LogP contribution in [0.25, 0.3) is 0 Å². The summed E-state index contributed by atoms with van der Waals surface area (Å²) in [6, 6.07) is 0. The van der Waals surface area contributed by atoms with Crippen molar-refractivity contribution in [3.63, 3.8) is 0 Å². The minimum absolute atomic E-state index is 0.381. The second kappa shape index (κ2) is 6.28. The smallest absolute Gasteiger partial charge is 0.357 e. The van der Waals surface area contributed by atoms with Crippen LogP contribution in [0.3, 0.4) is 0 Å². The van der Waals surface area contributed by atoms with Crippen molar-refractivity contribution in [2.45, 2.75) is 19.9 Å². The summed E-state index contributed by atoms with van der Waals surface area (Å²) < 4.78 is 6.44. The molecular weight excluding hydrogens is 266 g/mol. The third kappa shape index (κ3) is 3.50. The Hall–Kier alpha value is -1.96. The van der Waals surface area contributed by atoms with Crippen LogP contribution in [0.15, 0.2) is 12.4 Å². The number of anilines is 1. The van der Waals surface area contributed by atoms with Crippen LogP contribution >= 0.6 is 11.3 Å². The number of methoxy groups -OCH3 is 1. The van der Waals surface area contributed by atoms with E-state index in [4.69, 9.17) is 0 Å². The molecule has 0 saturated heterocycles. The molecule has 8 heteroatoms. The minimum Gasteiger partial charge on any atom is -0.464 e. The standard InChI is InChI=1S/C11H15N5O2S/c1-8-9(10(17)18-2)14-11(19-8)12-4-3-6-16-7-5-13-15-16/h5,7H,3-4,6H2,1-2H3,(H,12,14). The van der Waals surface area contributed by atoms with Crippen LogP contribution in [-0.4, -0.2) is 39.6 Å². The molecule has 1 N–H and O–H groups in total. The van der Waals surface area contributed by atoms with Gasteiger partial charge in [0, 0.05) is 24.2 Å². The fourth-order valence-corrected chi connectivity index (χ4v) is 2.37. The number of aryl methyl sites for hydroxylation is 2. The third-order valence-electron chi connectivity index (χ3n) is 2.49. The van der Waals surface area contributed by atoms with E-state index in [1.807, 2.05) is 13.1 Å². The quantitative estimate of drug-likeness (QED) is 0.635. The van der Waals surface area contributed by atoms with Gasteiger partial charge in [-0.15, -0.1) is 16.4 Å². The summed E-state index contributed by atoms with van der Waals surface area (Å²) in [5.41, 5.74) is 0.381. The first kappa shape index (κ1) is 13.5. The average molecular weight is 281 g/mol. The molecule has 0 aliphatic heterocycles. The fraction of sp³-hybridized carbons (Fsp3) is 0.455. The van der Waals surface area contributed by atoms with Crippen molar-refractivity contribution < 1.29 is 9.53 Å². The molecule has 2 aromatic rings. The Morgan fingerprint density at radius 3 is 3.11 bits per heavy atom. The van der Waals surface area contributed by atoms with Gasteiger partial charge in [-0.2, -0.15) is 0 Å². The molecule has 7 nitrogen and oxygen atoms in total. The van der Waals surface area contributed by atoms with Crippen molar-refractivity contribution in [2.75, 3.05) is 19.0 Å². The largest absolute Gasteiger partial charge is 0.464 e. The van der Waals surface area contributed by atoms with Crippen LogP contribution in [0.1, 0.15) is 21.8 Å². The summed E-state index contributed by atoms with van der Waals surface area (Å²) in [6.45, 7) is 3.40. The predicted molar refractivity (Wildman–Crippen MR) is 71.3 cm³/mol. The predicted octanol–water partition coefficient (Wildman–Crippen LogP) is 1.33. The van der Waals surface area contributed by atoms with E-state index in [1.54, 1.807) is 10.9 Å². The molecule has 0 spiro atoms. The van der Waals surface area contributed by atoms with E-state index in [0.717, 1.165) is 29.5 Å². The van der Waals surface area contributed by atoms with Crippen molar-refractivity contribution >= 4 is 22.4 Å². The lowest BCUT2D eigenvalue weighted by Gasteiger charge is -2.02. The van der Waals surface area contributed by atoms with Crippen LogP contribution < -0.4 is 5.32 Å². The molecule has 19 heavy (non-hydrogen) atoms. The van der Waals surface area contributed by atoms with Crippen molar-refractivity contribution in [1.29, 1.82) is 0 Å². The first-order valence-corrected chi connectivity index (χ1v) is 6.66. The van der Waals surface area contributed by atoms with Crippen molar-refractivity contribution in [1.82, 2.24) is 20.0 Å². The van der Waals surface area contributed by atoms with Crippen LogP contribution in [0.5, 0.6) is 0 Å². The van der Waals surface area contributed by atoms with E-state index in [2.05, 4.69) is 25.3 Å². The number of ether oxygens (including phenoxy) is 1. The number of nitrogens with one attached hydrogen (secondary N) is 1. The number of nitrogens with zero attached hydrogens (tertiary/aromatic N) is 4. The van der Waals surface area contributed by atoms with Crippen LogP contribution in [-0.2, 0) is 11.3 Å². The number of carbonyl (C=O) groups excluding carboxylic acids is 1. The molecule has 2 rings (SSSR count). The Morgan fingerprint density at radius 2 is 2.42 bits per heavy atom. The maximum Gasteiger partial charge on any atom is 0.357 e. The highest BCUT2D eigenvalue weighted by Gasteiger charge is 2.15. The van der Waals surface area contributed by atoms with E-state index < -0.39 is 5.97 Å². The van der Waals surface area contributed by atoms with Crippen molar-refractivity contribution in [3.05, 3.63) is 23.0 Å². The summed E-state index contributed by atoms with van der Waals surface area (Å²) in [5.74, 6) is -0.399. The van der Waals surface area contributed by atoms with Crippen LogP contribution in [0, 0.1) is 6.92 Å². The van der Waals surface area contributed by atoms with Gasteiger partial charge in [-0.1, -0.05) is 5.21 Å². The molecule has 2 aromatic heterocycles. The van der Waals surface area contributed by atoms with E-state index in [0.29, 0.717) is 5.69 Å². The maximum atomic E-state index is 11.4.